The molecule has 0 saturated carbocycles. The van der Waals surface area contributed by atoms with Crippen molar-refractivity contribution in [1.82, 2.24) is 18.7 Å². The number of benzene rings is 1. The first-order chi connectivity index (χ1) is 14.1. The molecule has 1 aliphatic heterocycles. The first-order valence-corrected chi connectivity index (χ1v) is 11.2. The molecule has 0 amide bonds. The third kappa shape index (κ3) is 3.15. The summed E-state index contributed by atoms with van der Waals surface area (Å²) in [6, 6.07) is 4.96. The van der Waals surface area contributed by atoms with E-state index in [-0.39, 0.29) is 23.5 Å². The fraction of sp³-hybridized carbons (Fsp3) is 0.368. The molecular weight excluding hydrogens is 410 g/mol. The number of sulfonamides is 1. The van der Waals surface area contributed by atoms with E-state index in [1.807, 2.05) is 0 Å². The van der Waals surface area contributed by atoms with Crippen molar-refractivity contribution in [2.45, 2.75) is 19.4 Å². The number of hydrogen-bond acceptors (Lipinski definition) is 6. The zero-order chi connectivity index (χ0) is 21.8. The van der Waals surface area contributed by atoms with E-state index in [9.17, 15) is 22.8 Å². The summed E-state index contributed by atoms with van der Waals surface area (Å²) in [5.41, 5.74) is 1.19. The van der Waals surface area contributed by atoms with E-state index in [1.54, 1.807) is 18.2 Å². The number of ketones is 1. The lowest BCUT2D eigenvalue weighted by Gasteiger charge is -2.29. The topological polar surface area (TPSA) is 116 Å². The number of hydrogen-bond donors (Lipinski definition) is 0. The number of fused-ring (bicyclic) bond motifs is 2. The molecule has 0 N–H and O–H groups in total. The summed E-state index contributed by atoms with van der Waals surface area (Å²) >= 11 is 0. The summed E-state index contributed by atoms with van der Waals surface area (Å²) in [5.74, 6) is -0.246. The fourth-order valence-electron chi connectivity index (χ4n) is 3.84. The van der Waals surface area contributed by atoms with Gasteiger partial charge in [-0.2, -0.15) is 0 Å². The highest BCUT2D eigenvalue weighted by molar-refractivity contribution is 7.92. The molecule has 0 atom stereocenters. The highest BCUT2D eigenvalue weighted by atomic mass is 32.2. The SMILES string of the molecule is Cn1c(=O)c2c(ncn2CC(=O)c2ccc3c(c2)CCCN3S(C)(=O)=O)n(C)c1=O. The van der Waals surface area contributed by atoms with Crippen molar-refractivity contribution in [2.75, 3.05) is 17.1 Å². The lowest BCUT2D eigenvalue weighted by Crippen LogP contribution is -2.37. The molecule has 3 heterocycles. The van der Waals surface area contributed by atoms with E-state index in [0.29, 0.717) is 30.6 Å². The molecule has 0 radical (unpaired) electrons. The summed E-state index contributed by atoms with van der Waals surface area (Å²) in [6.07, 6.45) is 3.89. The fourth-order valence-corrected chi connectivity index (χ4v) is 4.84. The van der Waals surface area contributed by atoms with Gasteiger partial charge in [-0.15, -0.1) is 0 Å². The Morgan fingerprint density at radius 2 is 1.90 bits per heavy atom. The van der Waals surface area contributed by atoms with Crippen molar-refractivity contribution in [3.8, 4) is 0 Å². The van der Waals surface area contributed by atoms with Crippen LogP contribution in [0.25, 0.3) is 11.2 Å². The highest BCUT2D eigenvalue weighted by Crippen LogP contribution is 2.30. The van der Waals surface area contributed by atoms with Crippen molar-refractivity contribution in [2.24, 2.45) is 14.1 Å². The van der Waals surface area contributed by atoms with Gasteiger partial charge in [0.15, 0.2) is 16.9 Å². The minimum Gasteiger partial charge on any atom is -0.317 e. The average Bonchev–Trinajstić information content (AvgIpc) is 3.12. The second-order valence-corrected chi connectivity index (χ2v) is 9.36. The summed E-state index contributed by atoms with van der Waals surface area (Å²) < 4.78 is 29.0. The second-order valence-electron chi connectivity index (χ2n) is 7.46. The molecule has 4 rings (SSSR count). The molecule has 0 spiro atoms. The van der Waals surface area contributed by atoms with Crippen LogP contribution in [0.5, 0.6) is 0 Å². The lowest BCUT2D eigenvalue weighted by molar-refractivity contribution is 0.0973. The minimum atomic E-state index is -3.38. The maximum atomic E-state index is 12.9. The number of Topliss-reactive ketones (excluding diaryl/α,β-unsaturated/α-hetero) is 1. The van der Waals surface area contributed by atoms with Crippen LogP contribution in [0.3, 0.4) is 0 Å². The Morgan fingerprint density at radius 1 is 1.17 bits per heavy atom. The third-order valence-electron chi connectivity index (χ3n) is 5.41. The van der Waals surface area contributed by atoms with Gasteiger partial charge in [-0.05, 0) is 36.6 Å². The number of anilines is 1. The van der Waals surface area contributed by atoms with Crippen LogP contribution in [0.15, 0.2) is 34.1 Å². The molecule has 1 aromatic carbocycles. The van der Waals surface area contributed by atoms with Crippen LogP contribution < -0.4 is 15.6 Å². The largest absolute Gasteiger partial charge is 0.332 e. The smallest absolute Gasteiger partial charge is 0.317 e. The van der Waals surface area contributed by atoms with E-state index in [2.05, 4.69) is 4.98 Å². The maximum Gasteiger partial charge on any atom is 0.332 e. The quantitative estimate of drug-likeness (QED) is 0.538. The number of carbonyl (C=O) groups is 1. The third-order valence-corrected chi connectivity index (χ3v) is 6.59. The van der Waals surface area contributed by atoms with Gasteiger partial charge in [0.2, 0.25) is 10.0 Å². The zero-order valence-corrected chi connectivity index (χ0v) is 17.6. The Bertz CT molecular complexity index is 1410. The summed E-state index contributed by atoms with van der Waals surface area (Å²) in [6.45, 7) is 0.292. The van der Waals surface area contributed by atoms with Gasteiger partial charge in [0.05, 0.1) is 24.8 Å². The Balaban J connectivity index is 1.71. The van der Waals surface area contributed by atoms with Gasteiger partial charge in [0.25, 0.3) is 5.56 Å². The van der Waals surface area contributed by atoms with E-state index in [4.69, 9.17) is 0 Å². The van der Waals surface area contributed by atoms with E-state index < -0.39 is 21.3 Å². The summed E-state index contributed by atoms with van der Waals surface area (Å²) in [5, 5.41) is 0. The van der Waals surface area contributed by atoms with Crippen molar-refractivity contribution in [3.05, 3.63) is 56.5 Å². The van der Waals surface area contributed by atoms with E-state index >= 15 is 0 Å². The lowest BCUT2D eigenvalue weighted by atomic mass is 9.99. The number of nitrogens with zero attached hydrogens (tertiary/aromatic N) is 5. The standard InChI is InChI=1S/C19H21N5O5S/c1-21-17-16(18(26)22(2)19(21)27)23(11-20-17)10-15(25)13-6-7-14-12(9-13)5-4-8-24(14)30(3,28)29/h6-7,9,11H,4-5,8,10H2,1-3H3. The van der Waals surface area contributed by atoms with Crippen LogP contribution >= 0.6 is 0 Å². The van der Waals surface area contributed by atoms with Gasteiger partial charge in [-0.25, -0.2) is 18.2 Å². The van der Waals surface area contributed by atoms with Crippen LogP contribution in [0.4, 0.5) is 5.69 Å². The first-order valence-electron chi connectivity index (χ1n) is 9.34. The monoisotopic (exact) mass is 431 g/mol. The molecule has 0 fully saturated rings. The molecule has 158 valence electrons. The average molecular weight is 431 g/mol. The molecular formula is C19H21N5O5S. The van der Waals surface area contributed by atoms with E-state index in [0.717, 1.165) is 10.1 Å². The minimum absolute atomic E-state index is 0.126. The number of carbonyl (C=O) groups excluding carboxylic acids is 1. The van der Waals surface area contributed by atoms with Gasteiger partial charge in [-0.1, -0.05) is 0 Å². The molecule has 0 unspecified atom stereocenters. The number of rotatable bonds is 4. The summed E-state index contributed by atoms with van der Waals surface area (Å²) in [7, 11) is -0.494. The van der Waals surface area contributed by atoms with Gasteiger partial charge in [0, 0.05) is 26.2 Å². The first kappa shape index (κ1) is 20.1. The number of imidazole rings is 1. The predicted molar refractivity (Wildman–Crippen MR) is 111 cm³/mol. The molecule has 3 aromatic rings. The van der Waals surface area contributed by atoms with Gasteiger partial charge in [0.1, 0.15) is 0 Å². The molecule has 0 aliphatic carbocycles. The molecule has 2 aromatic heterocycles. The van der Waals surface area contributed by atoms with Crippen LogP contribution in [-0.2, 0) is 37.1 Å². The van der Waals surface area contributed by atoms with E-state index in [1.165, 1.54) is 40.1 Å². The number of aryl methyl sites for hydroxylation is 2. The number of aromatic nitrogens is 4. The Labute approximate surface area is 172 Å². The Hall–Kier alpha value is -3.21. The molecule has 1 aliphatic rings. The molecule has 11 heteroatoms. The van der Waals surface area contributed by atoms with Crippen LogP contribution in [-0.4, -0.2) is 45.7 Å². The van der Waals surface area contributed by atoms with Crippen LogP contribution in [0.2, 0.25) is 0 Å². The highest BCUT2D eigenvalue weighted by Gasteiger charge is 2.25. The summed E-state index contributed by atoms with van der Waals surface area (Å²) in [4.78, 5) is 41.6. The van der Waals surface area contributed by atoms with Crippen molar-refractivity contribution >= 4 is 32.7 Å². The Morgan fingerprint density at radius 3 is 2.60 bits per heavy atom. The normalized spacial score (nSPS) is 14.2. The maximum absolute atomic E-state index is 12.9. The second kappa shape index (κ2) is 6.94. The van der Waals surface area contributed by atoms with Crippen molar-refractivity contribution in [1.29, 1.82) is 0 Å². The molecule has 0 bridgehead atoms. The predicted octanol–water partition coefficient (Wildman–Crippen LogP) is 0.0288. The van der Waals surface area contributed by atoms with Gasteiger partial charge in [-0.3, -0.25) is 23.0 Å². The molecule has 30 heavy (non-hydrogen) atoms. The van der Waals surface area contributed by atoms with Crippen LogP contribution in [0.1, 0.15) is 22.3 Å². The van der Waals surface area contributed by atoms with Gasteiger partial charge >= 0.3 is 5.69 Å². The van der Waals surface area contributed by atoms with Crippen molar-refractivity contribution < 1.29 is 13.2 Å². The Kier molecular flexibility index (Phi) is 4.64. The van der Waals surface area contributed by atoms with Crippen molar-refractivity contribution in [3.63, 3.8) is 0 Å². The molecule has 0 saturated heterocycles. The molecule has 10 nitrogen and oxygen atoms in total. The van der Waals surface area contributed by atoms with Crippen LogP contribution in [0, 0.1) is 0 Å². The van der Waals surface area contributed by atoms with Gasteiger partial charge < -0.3 is 4.57 Å². The zero-order valence-electron chi connectivity index (χ0n) is 16.8.